The largest absolute Gasteiger partial charge is 0.454 e. The quantitative estimate of drug-likeness (QED) is 0.641. The van der Waals surface area contributed by atoms with Crippen LogP contribution in [0.5, 0.6) is 11.5 Å². The summed E-state index contributed by atoms with van der Waals surface area (Å²) >= 11 is 12.0. The highest BCUT2D eigenvalue weighted by molar-refractivity contribution is 6.43. The van der Waals surface area contributed by atoms with Gasteiger partial charge in [-0.05, 0) is 30.3 Å². The van der Waals surface area contributed by atoms with Gasteiger partial charge in [0.15, 0.2) is 17.2 Å². The number of nitrogens with one attached hydrogen (secondary N) is 2. The van der Waals surface area contributed by atoms with E-state index in [0.29, 0.717) is 33.5 Å². The van der Waals surface area contributed by atoms with Crippen LogP contribution in [0, 0.1) is 0 Å². The van der Waals surface area contributed by atoms with Crippen molar-refractivity contribution in [1.29, 1.82) is 0 Å². The van der Waals surface area contributed by atoms with Crippen molar-refractivity contribution in [1.82, 2.24) is 10.2 Å². The van der Waals surface area contributed by atoms with Crippen LogP contribution in [0.25, 0.3) is 11.3 Å². The van der Waals surface area contributed by atoms with Gasteiger partial charge in [-0.15, -0.1) is 10.2 Å². The fourth-order valence-electron chi connectivity index (χ4n) is 2.38. The molecule has 3 aromatic rings. The monoisotopic (exact) mass is 376 g/mol. The van der Waals surface area contributed by atoms with E-state index in [0.717, 1.165) is 0 Å². The van der Waals surface area contributed by atoms with Crippen LogP contribution in [-0.2, 0) is 0 Å². The summed E-state index contributed by atoms with van der Waals surface area (Å²) in [5, 5.41) is 14.0. The Labute approximate surface area is 151 Å². The number of nitrogens with zero attached hydrogens (tertiary/aromatic N) is 2. The molecular formula is C16H10Cl2N4O3. The first-order chi connectivity index (χ1) is 12.1. The molecule has 9 heteroatoms. The molecule has 126 valence electrons. The first kappa shape index (κ1) is 15.7. The van der Waals surface area contributed by atoms with Gasteiger partial charge in [0.2, 0.25) is 6.79 Å². The van der Waals surface area contributed by atoms with Crippen molar-refractivity contribution in [2.24, 2.45) is 10.2 Å². The first-order valence-corrected chi connectivity index (χ1v) is 7.95. The Bertz CT molecular complexity index is 1040. The molecule has 7 nitrogen and oxygen atoms in total. The number of fused-ring (bicyclic) bond motifs is 1. The van der Waals surface area contributed by atoms with Crippen molar-refractivity contribution in [3.63, 3.8) is 0 Å². The van der Waals surface area contributed by atoms with Gasteiger partial charge < -0.3 is 9.47 Å². The summed E-state index contributed by atoms with van der Waals surface area (Å²) < 4.78 is 10.6. The number of H-pyrrole nitrogens is 2. The van der Waals surface area contributed by atoms with Crippen molar-refractivity contribution < 1.29 is 9.47 Å². The van der Waals surface area contributed by atoms with Gasteiger partial charge in [0.1, 0.15) is 5.69 Å². The molecular weight excluding hydrogens is 367 g/mol. The van der Waals surface area contributed by atoms with Crippen molar-refractivity contribution >= 4 is 34.6 Å². The Kier molecular flexibility index (Phi) is 3.95. The van der Waals surface area contributed by atoms with Gasteiger partial charge in [-0.1, -0.05) is 29.3 Å². The molecule has 25 heavy (non-hydrogen) atoms. The molecule has 0 saturated carbocycles. The van der Waals surface area contributed by atoms with Crippen LogP contribution in [0.3, 0.4) is 0 Å². The minimum atomic E-state index is -0.408. The second kappa shape index (κ2) is 6.27. The third-order valence-corrected chi connectivity index (χ3v) is 4.41. The van der Waals surface area contributed by atoms with Gasteiger partial charge in [0.05, 0.1) is 15.7 Å². The Morgan fingerprint density at radius 3 is 2.72 bits per heavy atom. The molecule has 0 fully saturated rings. The molecule has 4 rings (SSSR count). The van der Waals surface area contributed by atoms with E-state index >= 15 is 0 Å². The molecule has 1 aliphatic heterocycles. The number of aromatic nitrogens is 2. The maximum absolute atomic E-state index is 12.1. The Morgan fingerprint density at radius 2 is 1.84 bits per heavy atom. The van der Waals surface area contributed by atoms with Crippen LogP contribution in [-0.4, -0.2) is 17.0 Å². The molecule has 2 aromatic carbocycles. The number of azo groups is 1. The standard InChI is InChI=1S/C16H10Cl2N4O3/c17-9-2-1-3-10(13(9)18)19-21-15-14(20-22-16(15)23)8-4-5-11-12(6-8)25-7-24-11/h1-6H,7H2,(H2,20,22,23). The molecule has 2 heterocycles. The molecule has 0 amide bonds. The predicted molar refractivity (Wildman–Crippen MR) is 93.6 cm³/mol. The Hall–Kier alpha value is -2.77. The van der Waals surface area contributed by atoms with E-state index in [4.69, 9.17) is 32.7 Å². The zero-order valence-corrected chi connectivity index (χ0v) is 14.1. The van der Waals surface area contributed by atoms with E-state index in [1.54, 1.807) is 36.4 Å². The zero-order valence-electron chi connectivity index (χ0n) is 12.5. The molecule has 0 saturated heterocycles. The highest BCUT2D eigenvalue weighted by Crippen LogP contribution is 2.38. The van der Waals surface area contributed by atoms with E-state index in [1.165, 1.54) is 0 Å². The molecule has 0 atom stereocenters. The smallest absolute Gasteiger partial charge is 0.292 e. The van der Waals surface area contributed by atoms with E-state index in [-0.39, 0.29) is 17.5 Å². The van der Waals surface area contributed by atoms with Crippen molar-refractivity contribution in [3.05, 3.63) is 56.8 Å². The maximum Gasteiger partial charge on any atom is 0.292 e. The lowest BCUT2D eigenvalue weighted by Crippen LogP contribution is -1.96. The summed E-state index contributed by atoms with van der Waals surface area (Å²) in [5.41, 5.74) is 1.26. The number of hydrogen-bond donors (Lipinski definition) is 2. The number of ether oxygens (including phenoxy) is 2. The van der Waals surface area contributed by atoms with Crippen LogP contribution in [0.4, 0.5) is 11.4 Å². The average Bonchev–Trinajstić information content (AvgIpc) is 3.22. The molecule has 1 aromatic heterocycles. The topological polar surface area (TPSA) is 91.8 Å². The number of aromatic amines is 2. The molecule has 1 aliphatic rings. The minimum Gasteiger partial charge on any atom is -0.454 e. The molecule has 0 bridgehead atoms. The fraction of sp³-hybridized carbons (Fsp3) is 0.0625. The van der Waals surface area contributed by atoms with Crippen LogP contribution in [0.2, 0.25) is 10.0 Å². The summed E-state index contributed by atoms with van der Waals surface area (Å²) in [7, 11) is 0. The molecule has 2 N–H and O–H groups in total. The lowest BCUT2D eigenvalue weighted by molar-refractivity contribution is 0.174. The summed E-state index contributed by atoms with van der Waals surface area (Å²) in [6.45, 7) is 0.169. The summed E-state index contributed by atoms with van der Waals surface area (Å²) in [5.74, 6) is 1.25. The lowest BCUT2D eigenvalue weighted by Gasteiger charge is -2.02. The summed E-state index contributed by atoms with van der Waals surface area (Å²) in [6, 6.07) is 10.3. The van der Waals surface area contributed by atoms with Crippen LogP contribution >= 0.6 is 23.2 Å². The minimum absolute atomic E-state index is 0.120. The maximum atomic E-state index is 12.1. The lowest BCUT2D eigenvalue weighted by atomic mass is 10.1. The number of rotatable bonds is 3. The van der Waals surface area contributed by atoms with E-state index in [2.05, 4.69) is 20.4 Å². The highest BCUT2D eigenvalue weighted by atomic mass is 35.5. The highest BCUT2D eigenvalue weighted by Gasteiger charge is 2.18. The predicted octanol–water partition coefficient (Wildman–Crippen LogP) is 4.82. The number of hydrogen-bond acceptors (Lipinski definition) is 5. The van der Waals surface area contributed by atoms with Crippen LogP contribution < -0.4 is 15.0 Å². The van der Waals surface area contributed by atoms with E-state index < -0.39 is 5.56 Å². The van der Waals surface area contributed by atoms with Gasteiger partial charge >= 0.3 is 0 Å². The average molecular weight is 377 g/mol. The molecule has 0 radical (unpaired) electrons. The van der Waals surface area contributed by atoms with E-state index in [1.807, 2.05) is 0 Å². The summed E-state index contributed by atoms with van der Waals surface area (Å²) in [4.78, 5) is 12.1. The Balaban J connectivity index is 1.74. The SMILES string of the molecule is O=c1[nH][nH]c(-c2ccc3c(c2)OCO3)c1N=Nc1cccc(Cl)c1Cl. The van der Waals surface area contributed by atoms with Gasteiger partial charge in [-0.25, -0.2) is 0 Å². The zero-order chi connectivity index (χ0) is 17.4. The Morgan fingerprint density at radius 1 is 1.00 bits per heavy atom. The third kappa shape index (κ3) is 2.88. The van der Waals surface area contributed by atoms with Crippen LogP contribution in [0.15, 0.2) is 51.4 Å². The molecule has 0 unspecified atom stereocenters. The number of benzene rings is 2. The van der Waals surface area contributed by atoms with Crippen molar-refractivity contribution in [3.8, 4) is 22.8 Å². The van der Waals surface area contributed by atoms with E-state index in [9.17, 15) is 4.79 Å². The number of halogens is 2. The fourth-order valence-corrected chi connectivity index (χ4v) is 2.71. The van der Waals surface area contributed by atoms with Gasteiger partial charge in [-0.3, -0.25) is 15.0 Å². The first-order valence-electron chi connectivity index (χ1n) is 7.20. The second-order valence-corrected chi connectivity index (χ2v) is 5.93. The second-order valence-electron chi connectivity index (χ2n) is 5.14. The van der Waals surface area contributed by atoms with Crippen molar-refractivity contribution in [2.45, 2.75) is 0 Å². The molecule has 0 spiro atoms. The third-order valence-electron chi connectivity index (χ3n) is 3.60. The van der Waals surface area contributed by atoms with Gasteiger partial charge in [0.25, 0.3) is 5.56 Å². The summed E-state index contributed by atoms with van der Waals surface area (Å²) in [6.07, 6.45) is 0. The van der Waals surface area contributed by atoms with Gasteiger partial charge in [0, 0.05) is 5.56 Å². The van der Waals surface area contributed by atoms with Gasteiger partial charge in [-0.2, -0.15) is 0 Å². The normalized spacial score (nSPS) is 12.9. The molecule has 0 aliphatic carbocycles. The van der Waals surface area contributed by atoms with Crippen molar-refractivity contribution in [2.75, 3.05) is 6.79 Å². The van der Waals surface area contributed by atoms with Crippen LogP contribution in [0.1, 0.15) is 0 Å².